The molecule has 1 heterocycles. The number of anilines is 1. The first-order chi connectivity index (χ1) is 9.38. The summed E-state index contributed by atoms with van der Waals surface area (Å²) in [6.45, 7) is 0. The van der Waals surface area contributed by atoms with Crippen LogP contribution in [-0.2, 0) is 10.0 Å². The van der Waals surface area contributed by atoms with E-state index in [9.17, 15) is 13.2 Å². The van der Waals surface area contributed by atoms with Gasteiger partial charge in [0.25, 0.3) is 10.0 Å². The van der Waals surface area contributed by atoms with E-state index in [4.69, 9.17) is 5.11 Å². The highest BCUT2D eigenvalue weighted by Crippen LogP contribution is 2.17. The van der Waals surface area contributed by atoms with Crippen LogP contribution in [0.5, 0.6) is 0 Å². The summed E-state index contributed by atoms with van der Waals surface area (Å²) in [6, 6.07) is 10.1. The summed E-state index contributed by atoms with van der Waals surface area (Å²) in [7, 11) is -3.80. The van der Waals surface area contributed by atoms with Crippen LogP contribution >= 0.6 is 15.9 Å². The molecule has 2 rings (SSSR count). The van der Waals surface area contributed by atoms with E-state index in [0.29, 0.717) is 0 Å². The summed E-state index contributed by atoms with van der Waals surface area (Å²) < 4.78 is 27.1. The van der Waals surface area contributed by atoms with Crippen LogP contribution in [0.15, 0.2) is 51.8 Å². The van der Waals surface area contributed by atoms with Gasteiger partial charge in [-0.3, -0.25) is 4.72 Å². The highest BCUT2D eigenvalue weighted by molar-refractivity contribution is 9.10. The minimum absolute atomic E-state index is 0.0483. The van der Waals surface area contributed by atoms with E-state index in [0.717, 1.165) is 4.47 Å². The van der Waals surface area contributed by atoms with Crippen molar-refractivity contribution >= 4 is 37.7 Å². The van der Waals surface area contributed by atoms with E-state index >= 15 is 0 Å². The number of aromatic carboxylic acids is 1. The lowest BCUT2D eigenvalue weighted by atomic mass is 10.3. The van der Waals surface area contributed by atoms with Crippen molar-refractivity contribution in [3.05, 3.63) is 52.6 Å². The topological polar surface area (TPSA) is 96.4 Å². The lowest BCUT2D eigenvalue weighted by Gasteiger charge is -2.07. The number of carbonyl (C=O) groups is 1. The molecule has 8 heteroatoms. The first-order valence-electron chi connectivity index (χ1n) is 5.37. The number of nitrogens with one attached hydrogen (secondary N) is 1. The van der Waals surface area contributed by atoms with Crippen molar-refractivity contribution < 1.29 is 18.3 Å². The summed E-state index contributed by atoms with van der Waals surface area (Å²) in [6.07, 6.45) is 0. The largest absolute Gasteiger partial charge is 0.477 e. The molecule has 6 nitrogen and oxygen atoms in total. The van der Waals surface area contributed by atoms with Gasteiger partial charge in [0.05, 0.1) is 4.90 Å². The zero-order chi connectivity index (χ0) is 14.8. The molecule has 20 heavy (non-hydrogen) atoms. The fraction of sp³-hybridized carbons (Fsp3) is 0. The van der Waals surface area contributed by atoms with Gasteiger partial charge in [0.2, 0.25) is 0 Å². The molecule has 2 aromatic rings. The number of hydrogen-bond donors (Lipinski definition) is 2. The Kier molecular flexibility index (Phi) is 4.05. The molecule has 0 saturated heterocycles. The molecular formula is C12H9BrN2O4S. The Bertz CT molecular complexity index is 744. The van der Waals surface area contributed by atoms with Gasteiger partial charge in [-0.2, -0.15) is 0 Å². The molecule has 0 spiro atoms. The number of hydrogen-bond acceptors (Lipinski definition) is 4. The number of sulfonamides is 1. The average Bonchev–Trinajstić information content (AvgIpc) is 2.39. The first kappa shape index (κ1) is 14.5. The Morgan fingerprint density at radius 2 is 1.80 bits per heavy atom. The summed E-state index contributed by atoms with van der Waals surface area (Å²) in [5.74, 6) is -1.28. The normalized spacial score (nSPS) is 11.1. The van der Waals surface area contributed by atoms with Crippen molar-refractivity contribution in [2.45, 2.75) is 4.90 Å². The predicted molar refractivity (Wildman–Crippen MR) is 76.1 cm³/mol. The molecule has 0 aliphatic carbocycles. The van der Waals surface area contributed by atoms with Gasteiger partial charge in [-0.15, -0.1) is 0 Å². The number of pyridine rings is 1. The molecule has 0 bridgehead atoms. The van der Waals surface area contributed by atoms with Gasteiger partial charge in [0.15, 0.2) is 5.69 Å². The van der Waals surface area contributed by atoms with Crippen molar-refractivity contribution in [3.63, 3.8) is 0 Å². The zero-order valence-electron chi connectivity index (χ0n) is 9.95. The number of rotatable bonds is 4. The van der Waals surface area contributed by atoms with Crippen molar-refractivity contribution in [3.8, 4) is 0 Å². The van der Waals surface area contributed by atoms with Crippen LogP contribution in [0.4, 0.5) is 5.82 Å². The third kappa shape index (κ3) is 3.34. The van der Waals surface area contributed by atoms with Gasteiger partial charge in [-0.05, 0) is 36.4 Å². The molecule has 0 aliphatic heterocycles. The fourth-order valence-corrected chi connectivity index (χ4v) is 2.69. The van der Waals surface area contributed by atoms with Gasteiger partial charge in [0, 0.05) is 4.47 Å². The van der Waals surface area contributed by atoms with Crippen molar-refractivity contribution in [1.82, 2.24) is 4.98 Å². The molecule has 0 amide bonds. The van der Waals surface area contributed by atoms with Gasteiger partial charge < -0.3 is 5.11 Å². The summed E-state index contributed by atoms with van der Waals surface area (Å²) >= 11 is 3.21. The van der Waals surface area contributed by atoms with Crippen LogP contribution in [0.3, 0.4) is 0 Å². The number of aromatic nitrogens is 1. The third-order valence-corrected chi connectivity index (χ3v) is 4.23. The third-order valence-electron chi connectivity index (χ3n) is 2.33. The van der Waals surface area contributed by atoms with Crippen LogP contribution in [0.2, 0.25) is 0 Å². The van der Waals surface area contributed by atoms with E-state index in [-0.39, 0.29) is 16.4 Å². The summed E-state index contributed by atoms with van der Waals surface area (Å²) in [5, 5.41) is 8.81. The highest BCUT2D eigenvalue weighted by Gasteiger charge is 2.15. The van der Waals surface area contributed by atoms with Crippen LogP contribution in [0.1, 0.15) is 10.5 Å². The van der Waals surface area contributed by atoms with Gasteiger partial charge in [0.1, 0.15) is 5.82 Å². The number of nitrogens with zero attached hydrogens (tertiary/aromatic N) is 1. The molecule has 0 saturated carbocycles. The van der Waals surface area contributed by atoms with E-state index in [2.05, 4.69) is 25.6 Å². The number of benzene rings is 1. The van der Waals surface area contributed by atoms with E-state index in [1.807, 2.05) is 0 Å². The molecule has 104 valence electrons. The quantitative estimate of drug-likeness (QED) is 0.876. The van der Waals surface area contributed by atoms with Crippen LogP contribution in [-0.4, -0.2) is 24.5 Å². The Morgan fingerprint density at radius 1 is 1.15 bits per heavy atom. The molecule has 0 atom stereocenters. The predicted octanol–water partition coefficient (Wildman–Crippen LogP) is 2.34. The second-order valence-electron chi connectivity index (χ2n) is 3.77. The van der Waals surface area contributed by atoms with E-state index in [1.54, 1.807) is 12.1 Å². The van der Waals surface area contributed by atoms with Crippen molar-refractivity contribution in [2.75, 3.05) is 4.72 Å². The summed E-state index contributed by atoms with van der Waals surface area (Å²) in [5.41, 5.74) is -0.235. The molecule has 0 aliphatic rings. The molecule has 2 N–H and O–H groups in total. The Labute approximate surface area is 123 Å². The standard InChI is InChI=1S/C12H9BrN2O4S/c13-8-4-6-9(7-5-8)20(18,19)15-11-3-1-2-10(14-11)12(16)17/h1-7H,(H,14,15)(H,16,17). The molecule has 1 aromatic heterocycles. The SMILES string of the molecule is O=C(O)c1cccc(NS(=O)(=O)c2ccc(Br)cc2)n1. The van der Waals surface area contributed by atoms with Gasteiger partial charge in [-0.1, -0.05) is 22.0 Å². The maximum atomic E-state index is 12.1. The maximum absolute atomic E-state index is 12.1. The second kappa shape index (κ2) is 5.59. The monoisotopic (exact) mass is 356 g/mol. The van der Waals surface area contributed by atoms with Crippen molar-refractivity contribution in [1.29, 1.82) is 0 Å². The Hall–Kier alpha value is -1.93. The average molecular weight is 357 g/mol. The van der Waals surface area contributed by atoms with Crippen LogP contribution < -0.4 is 4.72 Å². The number of carboxylic acids is 1. The fourth-order valence-electron chi connectivity index (χ4n) is 1.42. The molecule has 0 unspecified atom stereocenters. The minimum Gasteiger partial charge on any atom is -0.477 e. The number of halogens is 1. The Balaban J connectivity index is 2.31. The number of carboxylic acid groups (broad SMARTS) is 1. The van der Waals surface area contributed by atoms with Crippen LogP contribution in [0, 0.1) is 0 Å². The molecule has 0 radical (unpaired) electrons. The van der Waals surface area contributed by atoms with E-state index < -0.39 is 16.0 Å². The second-order valence-corrected chi connectivity index (χ2v) is 6.37. The zero-order valence-corrected chi connectivity index (χ0v) is 12.3. The highest BCUT2D eigenvalue weighted by atomic mass is 79.9. The smallest absolute Gasteiger partial charge is 0.354 e. The van der Waals surface area contributed by atoms with E-state index in [1.165, 1.54) is 30.3 Å². The molecule has 1 aromatic carbocycles. The minimum atomic E-state index is -3.80. The summed E-state index contributed by atoms with van der Waals surface area (Å²) in [4.78, 5) is 14.5. The maximum Gasteiger partial charge on any atom is 0.354 e. The van der Waals surface area contributed by atoms with Crippen molar-refractivity contribution in [2.24, 2.45) is 0 Å². The van der Waals surface area contributed by atoms with Gasteiger partial charge >= 0.3 is 5.97 Å². The lowest BCUT2D eigenvalue weighted by molar-refractivity contribution is 0.0690. The lowest BCUT2D eigenvalue weighted by Crippen LogP contribution is -2.14. The molecular weight excluding hydrogens is 348 g/mol. The van der Waals surface area contributed by atoms with Gasteiger partial charge in [-0.25, -0.2) is 18.2 Å². The first-order valence-corrected chi connectivity index (χ1v) is 7.65. The van der Waals surface area contributed by atoms with Crippen LogP contribution in [0.25, 0.3) is 0 Å². The Morgan fingerprint density at radius 3 is 2.40 bits per heavy atom. The molecule has 0 fully saturated rings.